The van der Waals surface area contributed by atoms with Crippen LogP contribution in [0.4, 0.5) is 0 Å². The molecule has 0 spiro atoms. The molecular weight excluding hydrogens is 274 g/mol. The molecule has 2 amide bonds. The van der Waals surface area contributed by atoms with E-state index in [1.165, 1.54) is 25.6 Å². The number of likely N-dealkylation sites (tertiary alicyclic amines) is 1. The summed E-state index contributed by atoms with van der Waals surface area (Å²) in [5.74, 6) is -0.675. The largest absolute Gasteiger partial charge is 0.465 e. The Morgan fingerprint density at radius 1 is 1.33 bits per heavy atom. The highest BCUT2D eigenvalue weighted by Crippen LogP contribution is 2.28. The minimum absolute atomic E-state index is 0.0109. The van der Waals surface area contributed by atoms with Crippen LogP contribution in [0.3, 0.4) is 0 Å². The standard InChI is InChI=1S/C14H15N3O4/c1-21-14(20)9-2-8(3-15-4-9)13(19)17-6-10-5-16-12(18)11(10)7-17/h2-4,10-11H,5-7H2,1H3,(H,16,18)/t10-,11+/m0/s1. The average Bonchev–Trinajstić information content (AvgIpc) is 3.08. The number of esters is 1. The van der Waals surface area contributed by atoms with Gasteiger partial charge in [0.2, 0.25) is 5.91 Å². The van der Waals surface area contributed by atoms with Gasteiger partial charge in [-0.15, -0.1) is 0 Å². The van der Waals surface area contributed by atoms with Crippen LogP contribution in [0.15, 0.2) is 18.5 Å². The van der Waals surface area contributed by atoms with Crippen LogP contribution in [0.25, 0.3) is 0 Å². The summed E-state index contributed by atoms with van der Waals surface area (Å²) >= 11 is 0. The highest BCUT2D eigenvalue weighted by molar-refractivity contribution is 5.98. The number of fused-ring (bicyclic) bond motifs is 1. The van der Waals surface area contributed by atoms with Gasteiger partial charge in [0.1, 0.15) is 0 Å². The Bertz CT molecular complexity index is 616. The van der Waals surface area contributed by atoms with Crippen molar-refractivity contribution in [3.8, 4) is 0 Å². The summed E-state index contributed by atoms with van der Waals surface area (Å²) in [5, 5.41) is 2.80. The second-order valence-electron chi connectivity index (χ2n) is 5.28. The Balaban J connectivity index is 1.77. The van der Waals surface area contributed by atoms with Gasteiger partial charge in [-0.2, -0.15) is 0 Å². The van der Waals surface area contributed by atoms with Gasteiger partial charge in [0.05, 0.1) is 24.2 Å². The first-order valence-electron chi connectivity index (χ1n) is 6.70. The first kappa shape index (κ1) is 13.5. The number of methoxy groups -OCH3 is 1. The van der Waals surface area contributed by atoms with Crippen molar-refractivity contribution in [1.29, 1.82) is 0 Å². The van der Waals surface area contributed by atoms with E-state index in [4.69, 9.17) is 0 Å². The molecule has 2 fully saturated rings. The highest BCUT2D eigenvalue weighted by atomic mass is 16.5. The molecule has 2 aliphatic heterocycles. The number of pyridine rings is 1. The summed E-state index contributed by atoms with van der Waals surface area (Å²) in [7, 11) is 1.27. The van der Waals surface area contributed by atoms with E-state index in [0.29, 0.717) is 25.2 Å². The van der Waals surface area contributed by atoms with Crippen molar-refractivity contribution in [2.24, 2.45) is 11.8 Å². The van der Waals surface area contributed by atoms with Crippen LogP contribution in [-0.2, 0) is 9.53 Å². The summed E-state index contributed by atoms with van der Waals surface area (Å²) in [6.45, 7) is 1.58. The number of hydrogen-bond donors (Lipinski definition) is 1. The van der Waals surface area contributed by atoms with Crippen molar-refractivity contribution >= 4 is 17.8 Å². The van der Waals surface area contributed by atoms with Crippen molar-refractivity contribution in [3.63, 3.8) is 0 Å². The van der Waals surface area contributed by atoms with Gasteiger partial charge in [-0.25, -0.2) is 4.79 Å². The molecule has 3 heterocycles. The van der Waals surface area contributed by atoms with E-state index in [1.54, 1.807) is 4.90 Å². The smallest absolute Gasteiger partial charge is 0.339 e. The van der Waals surface area contributed by atoms with Crippen molar-refractivity contribution in [3.05, 3.63) is 29.6 Å². The monoisotopic (exact) mass is 289 g/mol. The Morgan fingerprint density at radius 3 is 2.81 bits per heavy atom. The quantitative estimate of drug-likeness (QED) is 0.754. The Morgan fingerprint density at radius 2 is 2.10 bits per heavy atom. The normalized spacial score (nSPS) is 23.7. The lowest BCUT2D eigenvalue weighted by atomic mass is 10.0. The molecular formula is C14H15N3O4. The number of nitrogens with zero attached hydrogens (tertiary/aromatic N) is 2. The second-order valence-corrected chi connectivity index (χ2v) is 5.28. The van der Waals surface area contributed by atoms with Gasteiger partial charge in [-0.3, -0.25) is 14.6 Å². The molecule has 7 nitrogen and oxygen atoms in total. The molecule has 0 saturated carbocycles. The number of rotatable bonds is 2. The van der Waals surface area contributed by atoms with Crippen molar-refractivity contribution in [1.82, 2.24) is 15.2 Å². The van der Waals surface area contributed by atoms with Crippen LogP contribution in [-0.4, -0.2) is 54.4 Å². The van der Waals surface area contributed by atoms with Gasteiger partial charge in [-0.1, -0.05) is 0 Å². The van der Waals surface area contributed by atoms with Crippen LogP contribution >= 0.6 is 0 Å². The lowest BCUT2D eigenvalue weighted by Crippen LogP contribution is -2.33. The molecule has 1 aromatic rings. The molecule has 3 rings (SSSR count). The first-order valence-corrected chi connectivity index (χ1v) is 6.70. The maximum atomic E-state index is 12.5. The molecule has 0 aliphatic carbocycles. The lowest BCUT2D eigenvalue weighted by molar-refractivity contribution is -0.122. The van der Waals surface area contributed by atoms with Gasteiger partial charge in [0.15, 0.2) is 0 Å². The Labute approximate surface area is 121 Å². The maximum Gasteiger partial charge on any atom is 0.339 e. The molecule has 1 N–H and O–H groups in total. The zero-order valence-corrected chi connectivity index (χ0v) is 11.5. The van der Waals surface area contributed by atoms with Crippen molar-refractivity contribution < 1.29 is 19.1 Å². The summed E-state index contributed by atoms with van der Waals surface area (Å²) in [5.41, 5.74) is 0.568. The van der Waals surface area contributed by atoms with E-state index in [0.717, 1.165) is 0 Å². The zero-order valence-electron chi connectivity index (χ0n) is 11.5. The summed E-state index contributed by atoms with van der Waals surface area (Å²) in [4.78, 5) is 41.1. The fourth-order valence-electron chi connectivity index (χ4n) is 2.87. The van der Waals surface area contributed by atoms with E-state index in [1.807, 2.05) is 0 Å². The molecule has 0 bridgehead atoms. The van der Waals surface area contributed by atoms with Gasteiger partial charge in [0.25, 0.3) is 5.91 Å². The molecule has 2 aliphatic rings. The molecule has 1 aromatic heterocycles. The minimum Gasteiger partial charge on any atom is -0.465 e. The molecule has 2 saturated heterocycles. The number of nitrogens with one attached hydrogen (secondary N) is 1. The number of ether oxygens (including phenoxy) is 1. The lowest BCUT2D eigenvalue weighted by Gasteiger charge is -2.17. The maximum absolute atomic E-state index is 12.5. The van der Waals surface area contributed by atoms with E-state index < -0.39 is 5.97 Å². The summed E-state index contributed by atoms with van der Waals surface area (Å²) in [6.07, 6.45) is 2.78. The van der Waals surface area contributed by atoms with Crippen LogP contribution in [0.2, 0.25) is 0 Å². The Kier molecular flexibility index (Phi) is 3.32. The van der Waals surface area contributed by atoms with E-state index in [2.05, 4.69) is 15.0 Å². The third-order valence-electron chi connectivity index (χ3n) is 4.01. The molecule has 0 aromatic carbocycles. The Hall–Kier alpha value is -2.44. The van der Waals surface area contributed by atoms with Gasteiger partial charge >= 0.3 is 5.97 Å². The van der Waals surface area contributed by atoms with Gasteiger partial charge < -0.3 is 15.0 Å². The van der Waals surface area contributed by atoms with Crippen LogP contribution in [0.5, 0.6) is 0 Å². The predicted molar refractivity (Wildman–Crippen MR) is 71.5 cm³/mol. The number of aromatic nitrogens is 1. The molecule has 2 atom stereocenters. The van der Waals surface area contributed by atoms with Crippen molar-refractivity contribution in [2.45, 2.75) is 0 Å². The van der Waals surface area contributed by atoms with Crippen LogP contribution in [0, 0.1) is 11.8 Å². The topological polar surface area (TPSA) is 88.6 Å². The van der Waals surface area contributed by atoms with Crippen LogP contribution < -0.4 is 5.32 Å². The fourth-order valence-corrected chi connectivity index (χ4v) is 2.87. The van der Waals surface area contributed by atoms with Gasteiger partial charge in [0, 0.05) is 37.9 Å². The van der Waals surface area contributed by atoms with Crippen LogP contribution in [0.1, 0.15) is 20.7 Å². The average molecular weight is 289 g/mol. The first-order chi connectivity index (χ1) is 10.1. The fraction of sp³-hybridized carbons (Fsp3) is 0.429. The number of hydrogen-bond acceptors (Lipinski definition) is 5. The van der Waals surface area contributed by atoms with Gasteiger partial charge in [-0.05, 0) is 6.07 Å². The number of carbonyl (C=O) groups is 3. The summed E-state index contributed by atoms with van der Waals surface area (Å²) < 4.78 is 4.61. The highest BCUT2D eigenvalue weighted by Gasteiger charge is 2.43. The minimum atomic E-state index is -0.533. The molecule has 0 radical (unpaired) electrons. The zero-order chi connectivity index (χ0) is 15.0. The van der Waals surface area contributed by atoms with E-state index in [-0.39, 0.29) is 29.2 Å². The number of carbonyl (C=O) groups excluding carboxylic acids is 3. The number of amides is 2. The molecule has 7 heteroatoms. The third-order valence-corrected chi connectivity index (χ3v) is 4.01. The molecule has 21 heavy (non-hydrogen) atoms. The second kappa shape index (κ2) is 5.16. The van der Waals surface area contributed by atoms with Crippen molar-refractivity contribution in [2.75, 3.05) is 26.7 Å². The predicted octanol–water partition coefficient (Wildman–Crippen LogP) is -0.314. The summed E-state index contributed by atoms with van der Waals surface area (Å²) in [6, 6.07) is 1.47. The molecule has 0 unspecified atom stereocenters. The third kappa shape index (κ3) is 2.35. The SMILES string of the molecule is COC(=O)c1cncc(C(=O)N2C[C@@H]3CNC(=O)[C@@H]3C2)c1. The van der Waals surface area contributed by atoms with E-state index in [9.17, 15) is 14.4 Å². The molecule has 110 valence electrons. The van der Waals surface area contributed by atoms with E-state index >= 15 is 0 Å².